The van der Waals surface area contributed by atoms with Crippen LogP contribution in [0, 0.1) is 10.1 Å². The summed E-state index contributed by atoms with van der Waals surface area (Å²) in [5.41, 5.74) is 0. The van der Waals surface area contributed by atoms with Crippen molar-refractivity contribution in [1.82, 2.24) is 0 Å². The first kappa shape index (κ1) is 24.2. The standard InChI is InChI=1S/C4H8O2.C4H10O.CH3NO2.H2O/c1-3-6-4(2)5;1-2-3-4-5;1-2(3)4;/h3H2,1-2H3;5H,2-4H2,1H3;1H3;1H2. The van der Waals surface area contributed by atoms with Gasteiger partial charge in [-0.1, -0.05) is 13.3 Å². The van der Waals surface area contributed by atoms with Crippen LogP contribution in [0.3, 0.4) is 0 Å². The molecule has 0 aromatic heterocycles. The van der Waals surface area contributed by atoms with Crippen LogP contribution < -0.4 is 0 Å². The Balaban J connectivity index is -0.0000000668. The van der Waals surface area contributed by atoms with Crippen molar-refractivity contribution in [1.29, 1.82) is 0 Å². The molecule has 0 saturated heterocycles. The van der Waals surface area contributed by atoms with E-state index in [2.05, 4.69) is 11.7 Å². The van der Waals surface area contributed by atoms with Crippen molar-refractivity contribution in [2.45, 2.75) is 33.6 Å². The fourth-order valence-electron chi connectivity index (χ4n) is 0.361. The van der Waals surface area contributed by atoms with Gasteiger partial charge in [-0.3, -0.25) is 14.9 Å². The molecule has 0 aliphatic rings. The largest absolute Gasteiger partial charge is 0.466 e. The van der Waals surface area contributed by atoms with E-state index in [1.54, 1.807) is 6.92 Å². The van der Waals surface area contributed by atoms with Gasteiger partial charge in [-0.05, 0) is 13.3 Å². The third-order valence-electron chi connectivity index (χ3n) is 0.859. The monoisotopic (exact) mass is 241 g/mol. The number of nitrogens with zero attached hydrogens (tertiary/aromatic N) is 1. The minimum atomic E-state index is -0.500. The van der Waals surface area contributed by atoms with Crippen molar-refractivity contribution in [3.63, 3.8) is 0 Å². The van der Waals surface area contributed by atoms with Gasteiger partial charge in [0, 0.05) is 18.5 Å². The summed E-state index contributed by atoms with van der Waals surface area (Å²) < 4.78 is 4.40. The van der Waals surface area contributed by atoms with E-state index < -0.39 is 4.92 Å². The molecule has 0 fully saturated rings. The van der Waals surface area contributed by atoms with Gasteiger partial charge in [-0.15, -0.1) is 0 Å². The molecule has 0 heterocycles. The van der Waals surface area contributed by atoms with Gasteiger partial charge < -0.3 is 15.3 Å². The number of carbonyl (C=O) groups excluding carboxylic acids is 1. The summed E-state index contributed by atoms with van der Waals surface area (Å²) >= 11 is 0. The highest BCUT2D eigenvalue weighted by molar-refractivity contribution is 5.65. The zero-order chi connectivity index (χ0) is 12.7. The van der Waals surface area contributed by atoms with Gasteiger partial charge in [0.15, 0.2) is 7.05 Å². The van der Waals surface area contributed by atoms with Crippen molar-refractivity contribution in [2.24, 2.45) is 0 Å². The first-order valence-corrected chi connectivity index (χ1v) is 4.74. The molecule has 0 unspecified atom stereocenters. The van der Waals surface area contributed by atoms with Crippen molar-refractivity contribution in [2.75, 3.05) is 20.3 Å². The molecule has 0 amide bonds. The second-order valence-corrected chi connectivity index (χ2v) is 2.44. The molecule has 0 radical (unpaired) electrons. The summed E-state index contributed by atoms with van der Waals surface area (Å²) in [6.07, 6.45) is 2.04. The molecular weight excluding hydrogens is 218 g/mol. The Morgan fingerprint density at radius 2 is 1.81 bits per heavy atom. The fourth-order valence-corrected chi connectivity index (χ4v) is 0.361. The summed E-state index contributed by atoms with van der Waals surface area (Å²) in [5, 5.41) is 16.9. The molecule has 16 heavy (non-hydrogen) atoms. The Bertz CT molecular complexity index is 145. The predicted molar refractivity (Wildman–Crippen MR) is 60.8 cm³/mol. The second kappa shape index (κ2) is 23.5. The predicted octanol–water partition coefficient (Wildman–Crippen LogP) is 0.416. The number of hydrogen-bond donors (Lipinski definition) is 1. The molecule has 3 N–H and O–H groups in total. The third kappa shape index (κ3) is 124. The first-order chi connectivity index (χ1) is 6.92. The van der Waals surface area contributed by atoms with Crippen LogP contribution >= 0.6 is 0 Å². The zero-order valence-electron chi connectivity index (χ0n) is 10.4. The van der Waals surface area contributed by atoms with Crippen molar-refractivity contribution in [3.05, 3.63) is 10.1 Å². The van der Waals surface area contributed by atoms with Crippen LogP contribution in [0.15, 0.2) is 0 Å². The van der Waals surface area contributed by atoms with Gasteiger partial charge in [0.1, 0.15) is 0 Å². The van der Waals surface area contributed by atoms with Gasteiger partial charge in [0.05, 0.1) is 6.61 Å². The zero-order valence-corrected chi connectivity index (χ0v) is 10.4. The molecule has 0 aliphatic carbocycles. The lowest BCUT2D eigenvalue weighted by Gasteiger charge is -1.89. The van der Waals surface area contributed by atoms with Gasteiger partial charge in [-0.25, -0.2) is 0 Å². The van der Waals surface area contributed by atoms with Crippen molar-refractivity contribution in [3.8, 4) is 0 Å². The minimum Gasteiger partial charge on any atom is -0.466 e. The number of unbranched alkanes of at least 4 members (excludes halogenated alkanes) is 1. The van der Waals surface area contributed by atoms with E-state index in [-0.39, 0.29) is 11.4 Å². The maximum atomic E-state index is 9.82. The highest BCUT2D eigenvalue weighted by Gasteiger charge is 1.81. The van der Waals surface area contributed by atoms with E-state index in [1.807, 2.05) is 0 Å². The fraction of sp³-hybridized carbons (Fsp3) is 0.889. The van der Waals surface area contributed by atoms with Crippen LogP contribution in [-0.4, -0.2) is 41.7 Å². The lowest BCUT2D eigenvalue weighted by molar-refractivity contribution is -0.445. The number of nitro groups is 1. The molecule has 0 rings (SSSR count). The summed E-state index contributed by atoms with van der Waals surface area (Å²) in [7, 11) is 0.889. The number of aliphatic hydroxyl groups excluding tert-OH is 1. The molecule has 0 aromatic rings. The van der Waals surface area contributed by atoms with Crippen LogP contribution in [0.25, 0.3) is 0 Å². The Hall–Kier alpha value is -1.21. The SMILES string of the molecule is CCCCO.CCOC(C)=O.C[N+](=O)[O-].O. The number of esters is 1. The van der Waals surface area contributed by atoms with E-state index in [4.69, 9.17) is 15.2 Å². The Labute approximate surface area is 95.9 Å². The normalized spacial score (nSPS) is 7.06. The first-order valence-electron chi connectivity index (χ1n) is 4.74. The van der Waals surface area contributed by atoms with Crippen LogP contribution in [0.1, 0.15) is 33.6 Å². The van der Waals surface area contributed by atoms with Crippen LogP contribution in [0.5, 0.6) is 0 Å². The molecule has 0 spiro atoms. The molecule has 0 aromatic carbocycles. The van der Waals surface area contributed by atoms with Gasteiger partial charge in [0.25, 0.3) is 0 Å². The molecule has 7 heteroatoms. The summed E-state index contributed by atoms with van der Waals surface area (Å²) in [6, 6.07) is 0. The maximum absolute atomic E-state index is 9.82. The van der Waals surface area contributed by atoms with E-state index in [9.17, 15) is 4.79 Å². The topological polar surface area (TPSA) is 121 Å². The van der Waals surface area contributed by atoms with Crippen LogP contribution in [0.4, 0.5) is 0 Å². The van der Waals surface area contributed by atoms with Crippen molar-refractivity contribution >= 4 is 5.97 Å². The van der Waals surface area contributed by atoms with Gasteiger partial charge in [0.2, 0.25) is 0 Å². The lowest BCUT2D eigenvalue weighted by atomic mass is 10.4. The highest BCUT2D eigenvalue weighted by Crippen LogP contribution is 1.78. The molecule has 0 aliphatic heterocycles. The number of aliphatic hydroxyl groups is 1. The molecular formula is C9H23NO6. The molecule has 0 bridgehead atoms. The quantitative estimate of drug-likeness (QED) is 0.436. The Kier molecular flexibility index (Phi) is 35.5. The molecule has 7 nitrogen and oxygen atoms in total. The highest BCUT2D eigenvalue weighted by atomic mass is 16.6. The van der Waals surface area contributed by atoms with Gasteiger partial charge in [-0.2, -0.15) is 0 Å². The summed E-state index contributed by atoms with van der Waals surface area (Å²) in [4.78, 5) is 18.1. The average Bonchev–Trinajstić information content (AvgIpc) is 2.05. The van der Waals surface area contributed by atoms with Crippen LogP contribution in [-0.2, 0) is 9.53 Å². The molecule has 0 saturated carbocycles. The molecule has 0 atom stereocenters. The Morgan fingerprint density at radius 1 is 1.44 bits per heavy atom. The summed E-state index contributed by atoms with van der Waals surface area (Å²) in [6.45, 7) is 6.05. The number of carbonyl (C=O) groups is 1. The smallest absolute Gasteiger partial charge is 0.302 e. The number of ether oxygens (including phenoxy) is 1. The number of hydrogen-bond acceptors (Lipinski definition) is 5. The van der Waals surface area contributed by atoms with E-state index >= 15 is 0 Å². The average molecular weight is 241 g/mol. The minimum absolute atomic E-state index is 0. The van der Waals surface area contributed by atoms with Crippen molar-refractivity contribution < 1.29 is 25.0 Å². The molecule has 100 valence electrons. The maximum Gasteiger partial charge on any atom is 0.302 e. The van der Waals surface area contributed by atoms with Gasteiger partial charge >= 0.3 is 5.97 Å². The lowest BCUT2D eigenvalue weighted by Crippen LogP contribution is -1.95. The summed E-state index contributed by atoms with van der Waals surface area (Å²) in [5.74, 6) is -0.211. The van der Waals surface area contributed by atoms with Crippen LogP contribution in [0.2, 0.25) is 0 Å². The second-order valence-electron chi connectivity index (χ2n) is 2.44. The Morgan fingerprint density at radius 3 is 1.81 bits per heavy atom. The number of rotatable bonds is 3. The van der Waals surface area contributed by atoms with E-state index in [0.29, 0.717) is 13.2 Å². The van der Waals surface area contributed by atoms with E-state index in [1.165, 1.54) is 6.92 Å². The van der Waals surface area contributed by atoms with E-state index in [0.717, 1.165) is 19.9 Å². The third-order valence-corrected chi connectivity index (χ3v) is 0.859.